The summed E-state index contributed by atoms with van der Waals surface area (Å²) in [5, 5.41) is 0. The number of nitrogens with zero attached hydrogens (tertiary/aromatic N) is 2. The van der Waals surface area contributed by atoms with Crippen molar-refractivity contribution in [3.63, 3.8) is 0 Å². The van der Waals surface area contributed by atoms with Crippen molar-refractivity contribution in [2.75, 3.05) is 6.61 Å². The number of carbonyl (C=O) groups is 1. The summed E-state index contributed by atoms with van der Waals surface area (Å²) in [5.74, 6) is 1.12. The highest BCUT2D eigenvalue weighted by Gasteiger charge is 2.11. The molecule has 0 spiro atoms. The largest absolute Gasteiger partial charge is 0.492 e. The lowest BCUT2D eigenvalue weighted by molar-refractivity contribution is -0.142. The Bertz CT molecular complexity index is 1000. The molecule has 158 valence electrons. The van der Waals surface area contributed by atoms with Gasteiger partial charge in [0, 0.05) is 23.7 Å². The molecule has 0 N–H and O–H groups in total. The predicted octanol–water partition coefficient (Wildman–Crippen LogP) is 4.28. The van der Waals surface area contributed by atoms with E-state index in [1.807, 2.05) is 48.9 Å². The van der Waals surface area contributed by atoms with Crippen LogP contribution in [0.5, 0.6) is 5.75 Å². The molecule has 0 saturated heterocycles. The first-order chi connectivity index (χ1) is 14.6. The van der Waals surface area contributed by atoms with Crippen LogP contribution in [0.15, 0.2) is 59.5 Å². The van der Waals surface area contributed by atoms with Crippen molar-refractivity contribution in [1.82, 2.24) is 9.55 Å². The minimum Gasteiger partial charge on any atom is -0.492 e. The van der Waals surface area contributed by atoms with E-state index in [0.717, 1.165) is 28.1 Å². The van der Waals surface area contributed by atoms with Crippen LogP contribution in [-0.2, 0) is 41.0 Å². The van der Waals surface area contributed by atoms with Crippen LogP contribution in [0.2, 0.25) is 0 Å². The van der Waals surface area contributed by atoms with Crippen LogP contribution in [0.3, 0.4) is 0 Å². The predicted molar refractivity (Wildman–Crippen MR) is 111 cm³/mol. The van der Waals surface area contributed by atoms with Gasteiger partial charge in [-0.3, -0.25) is 4.79 Å². The lowest BCUT2D eigenvalue weighted by atomic mass is 10.1. The minimum absolute atomic E-state index is 0.170. The van der Waals surface area contributed by atoms with Crippen LogP contribution in [0.4, 0.5) is 0 Å². The molecule has 0 amide bonds. The zero-order valence-corrected chi connectivity index (χ0v) is 17.5. The molecule has 0 atom stereocenters. The number of aryl methyl sites for hydroxylation is 1. The maximum absolute atomic E-state index is 11.8. The van der Waals surface area contributed by atoms with Crippen LogP contribution >= 0.6 is 0 Å². The smallest absolute Gasteiger partial charge is 0.310 e. The molecule has 7 heteroatoms. The number of hydrogen-bond acceptors (Lipinski definition) is 6. The molecule has 0 radical (unpaired) electrons. The van der Waals surface area contributed by atoms with Crippen molar-refractivity contribution in [2.24, 2.45) is 7.05 Å². The molecular formula is C23H26N2O5. The summed E-state index contributed by atoms with van der Waals surface area (Å²) in [6.07, 6.45) is 8.89. The van der Waals surface area contributed by atoms with Crippen LogP contribution in [-0.4, -0.2) is 22.1 Å². The van der Waals surface area contributed by atoms with Crippen molar-refractivity contribution >= 4 is 12.0 Å². The van der Waals surface area contributed by atoms with E-state index in [9.17, 15) is 4.79 Å². The van der Waals surface area contributed by atoms with Gasteiger partial charge in [-0.1, -0.05) is 18.2 Å². The number of rotatable bonds is 10. The molecular weight excluding hydrogens is 384 g/mol. The summed E-state index contributed by atoms with van der Waals surface area (Å²) in [7, 11) is 1.93. The van der Waals surface area contributed by atoms with E-state index in [0.29, 0.717) is 25.6 Å². The highest BCUT2D eigenvalue weighted by molar-refractivity contribution is 5.73. The summed E-state index contributed by atoms with van der Waals surface area (Å²) >= 11 is 0. The van der Waals surface area contributed by atoms with E-state index in [1.165, 1.54) is 0 Å². The van der Waals surface area contributed by atoms with Crippen LogP contribution < -0.4 is 4.74 Å². The molecule has 0 bridgehead atoms. The van der Waals surface area contributed by atoms with Gasteiger partial charge in [0.05, 0.1) is 49.5 Å². The number of para-hydroxylation sites is 1. The summed E-state index contributed by atoms with van der Waals surface area (Å²) in [6.45, 7) is 4.77. The first-order valence-electron chi connectivity index (χ1n) is 9.74. The van der Waals surface area contributed by atoms with Gasteiger partial charge in [-0.05, 0) is 26.0 Å². The van der Waals surface area contributed by atoms with Gasteiger partial charge in [0.15, 0.2) is 0 Å². The zero-order valence-electron chi connectivity index (χ0n) is 17.5. The second-order valence-electron chi connectivity index (χ2n) is 6.77. The quantitative estimate of drug-likeness (QED) is 0.367. The standard InChI is InChI=1S/C23H26N2O5/c1-4-28-23(26)10-18-7-5-6-8-22(18)30-14-20-13-27-12-19(20)9-17(2)29-15-21-11-24-16-25(21)3/h5-9,11-13,16H,4,10,14-15H2,1-3H3/b17-9-. The van der Waals surface area contributed by atoms with E-state index >= 15 is 0 Å². The Morgan fingerprint density at radius 1 is 1.17 bits per heavy atom. The summed E-state index contributed by atoms with van der Waals surface area (Å²) < 4.78 is 24.1. The molecule has 0 fully saturated rings. The molecule has 0 aliphatic rings. The Kier molecular flexibility index (Phi) is 7.32. The Balaban J connectivity index is 1.62. The Morgan fingerprint density at radius 2 is 2.00 bits per heavy atom. The SMILES string of the molecule is CCOC(=O)Cc1ccccc1OCc1cocc1/C=C(/C)OCc1cncn1C. The molecule has 0 aliphatic carbocycles. The molecule has 1 aromatic carbocycles. The fourth-order valence-electron chi connectivity index (χ4n) is 2.86. The summed E-state index contributed by atoms with van der Waals surface area (Å²) in [4.78, 5) is 15.9. The monoisotopic (exact) mass is 410 g/mol. The molecule has 2 aromatic heterocycles. The number of furan rings is 1. The fraction of sp³-hybridized carbons (Fsp3) is 0.304. The third kappa shape index (κ3) is 5.76. The van der Waals surface area contributed by atoms with Crippen LogP contribution in [0.1, 0.15) is 36.2 Å². The zero-order chi connectivity index (χ0) is 21.3. The maximum atomic E-state index is 11.8. The average Bonchev–Trinajstić information content (AvgIpc) is 3.34. The van der Waals surface area contributed by atoms with Gasteiger partial charge in [0.2, 0.25) is 0 Å². The van der Waals surface area contributed by atoms with Gasteiger partial charge in [-0.15, -0.1) is 0 Å². The number of imidazole rings is 1. The van der Waals surface area contributed by atoms with E-state index in [4.69, 9.17) is 18.6 Å². The van der Waals surface area contributed by atoms with Gasteiger partial charge in [0.25, 0.3) is 0 Å². The molecule has 3 aromatic rings. The highest BCUT2D eigenvalue weighted by atomic mass is 16.5. The number of benzene rings is 1. The summed E-state index contributed by atoms with van der Waals surface area (Å²) in [5.41, 5.74) is 3.52. The first-order valence-corrected chi connectivity index (χ1v) is 9.74. The fourth-order valence-corrected chi connectivity index (χ4v) is 2.86. The Labute approximate surface area is 175 Å². The van der Waals surface area contributed by atoms with Crippen molar-refractivity contribution in [1.29, 1.82) is 0 Å². The van der Waals surface area contributed by atoms with E-state index in [1.54, 1.807) is 32.0 Å². The number of hydrogen-bond donors (Lipinski definition) is 0. The lowest BCUT2D eigenvalue weighted by Crippen LogP contribution is -2.09. The molecule has 0 unspecified atom stereocenters. The molecule has 3 rings (SSSR count). The lowest BCUT2D eigenvalue weighted by Gasteiger charge is -2.11. The number of carbonyl (C=O) groups excluding carboxylic acids is 1. The molecule has 7 nitrogen and oxygen atoms in total. The number of ether oxygens (including phenoxy) is 3. The van der Waals surface area contributed by atoms with Gasteiger partial charge in [-0.2, -0.15) is 0 Å². The molecule has 0 saturated carbocycles. The highest BCUT2D eigenvalue weighted by Crippen LogP contribution is 2.23. The number of allylic oxidation sites excluding steroid dienone is 1. The van der Waals surface area contributed by atoms with Gasteiger partial charge >= 0.3 is 5.97 Å². The first kappa shape index (κ1) is 21.2. The van der Waals surface area contributed by atoms with Gasteiger partial charge < -0.3 is 23.2 Å². The summed E-state index contributed by atoms with van der Waals surface area (Å²) in [6, 6.07) is 7.44. The Morgan fingerprint density at radius 3 is 2.77 bits per heavy atom. The van der Waals surface area contributed by atoms with Crippen LogP contribution in [0, 0.1) is 0 Å². The number of esters is 1. The van der Waals surface area contributed by atoms with E-state index in [2.05, 4.69) is 4.98 Å². The molecule has 2 heterocycles. The Hall–Kier alpha value is -3.48. The minimum atomic E-state index is -0.276. The van der Waals surface area contributed by atoms with Gasteiger partial charge in [0.1, 0.15) is 19.0 Å². The third-order valence-corrected chi connectivity index (χ3v) is 4.49. The molecule has 0 aliphatic heterocycles. The third-order valence-electron chi connectivity index (χ3n) is 4.49. The van der Waals surface area contributed by atoms with Crippen molar-refractivity contribution in [3.8, 4) is 5.75 Å². The van der Waals surface area contributed by atoms with Gasteiger partial charge in [-0.25, -0.2) is 4.98 Å². The average molecular weight is 410 g/mol. The van der Waals surface area contributed by atoms with Crippen LogP contribution in [0.25, 0.3) is 6.08 Å². The van der Waals surface area contributed by atoms with Crippen molar-refractivity contribution in [2.45, 2.75) is 33.5 Å². The second kappa shape index (κ2) is 10.3. The second-order valence-corrected chi connectivity index (χ2v) is 6.77. The van der Waals surface area contributed by atoms with E-state index in [-0.39, 0.29) is 12.4 Å². The maximum Gasteiger partial charge on any atom is 0.310 e. The van der Waals surface area contributed by atoms with Crippen molar-refractivity contribution < 1.29 is 23.4 Å². The number of aromatic nitrogens is 2. The van der Waals surface area contributed by atoms with Crippen molar-refractivity contribution in [3.05, 3.63) is 77.5 Å². The van der Waals surface area contributed by atoms with E-state index < -0.39 is 0 Å². The molecule has 30 heavy (non-hydrogen) atoms. The topological polar surface area (TPSA) is 75.7 Å². The normalized spacial score (nSPS) is 11.4.